The van der Waals surface area contributed by atoms with Crippen LogP contribution in [0.25, 0.3) is 0 Å². The zero-order valence-electron chi connectivity index (χ0n) is 14.4. The lowest BCUT2D eigenvalue weighted by atomic mass is 10.1. The molecule has 0 bridgehead atoms. The summed E-state index contributed by atoms with van der Waals surface area (Å²) in [7, 11) is 0. The Hall–Kier alpha value is -3.22. The highest BCUT2D eigenvalue weighted by atomic mass is 19.1. The molecule has 0 radical (unpaired) electrons. The van der Waals surface area contributed by atoms with Crippen molar-refractivity contribution >= 4 is 17.5 Å². The Morgan fingerprint density at radius 2 is 1.52 bits per heavy atom. The summed E-state index contributed by atoms with van der Waals surface area (Å²) in [6.45, 7) is 0.430. The van der Waals surface area contributed by atoms with Gasteiger partial charge in [0.05, 0.1) is 6.42 Å². The van der Waals surface area contributed by atoms with Crippen molar-refractivity contribution in [2.24, 2.45) is 0 Å². The van der Waals surface area contributed by atoms with Crippen molar-refractivity contribution in [3.8, 4) is 11.5 Å². The first-order chi connectivity index (χ1) is 13.0. The molecule has 0 N–H and O–H groups in total. The molecule has 0 aliphatic carbocycles. The molecule has 1 aliphatic rings. The quantitative estimate of drug-likeness (QED) is 0.549. The number of carbonyl (C=O) groups is 3. The van der Waals surface area contributed by atoms with E-state index in [1.807, 2.05) is 0 Å². The SMILES string of the molecule is O=C(CCC(=O)c1ccc(F)cc1)OCC(=O)c1ccc2c(c1)OCCO2. The van der Waals surface area contributed by atoms with Gasteiger partial charge in [-0.2, -0.15) is 0 Å². The van der Waals surface area contributed by atoms with Crippen LogP contribution in [0.2, 0.25) is 0 Å². The molecule has 0 aromatic heterocycles. The Bertz CT molecular complexity index is 859. The van der Waals surface area contributed by atoms with Gasteiger partial charge in [0.1, 0.15) is 19.0 Å². The van der Waals surface area contributed by atoms with Gasteiger partial charge >= 0.3 is 5.97 Å². The monoisotopic (exact) mass is 372 g/mol. The fourth-order valence-corrected chi connectivity index (χ4v) is 2.51. The summed E-state index contributed by atoms with van der Waals surface area (Å²) in [5, 5.41) is 0. The number of ketones is 2. The van der Waals surface area contributed by atoms with Gasteiger partial charge in [-0.25, -0.2) is 4.39 Å². The summed E-state index contributed by atoms with van der Waals surface area (Å²) >= 11 is 0. The molecule has 0 saturated heterocycles. The van der Waals surface area contributed by atoms with E-state index in [1.54, 1.807) is 18.2 Å². The van der Waals surface area contributed by atoms with Crippen LogP contribution < -0.4 is 9.47 Å². The number of esters is 1. The smallest absolute Gasteiger partial charge is 0.306 e. The van der Waals surface area contributed by atoms with Gasteiger partial charge in [0.25, 0.3) is 0 Å². The largest absolute Gasteiger partial charge is 0.486 e. The maximum absolute atomic E-state index is 12.8. The molecule has 3 rings (SSSR count). The molecule has 0 atom stereocenters. The van der Waals surface area contributed by atoms with Crippen molar-refractivity contribution in [3.05, 3.63) is 59.4 Å². The Balaban J connectivity index is 1.46. The number of rotatable bonds is 7. The Morgan fingerprint density at radius 1 is 0.852 bits per heavy atom. The fourth-order valence-electron chi connectivity index (χ4n) is 2.51. The second kappa shape index (κ2) is 8.44. The summed E-state index contributed by atoms with van der Waals surface area (Å²) in [5.41, 5.74) is 0.658. The van der Waals surface area contributed by atoms with Gasteiger partial charge in [-0.05, 0) is 42.5 Å². The number of carbonyl (C=O) groups excluding carboxylic acids is 3. The van der Waals surface area contributed by atoms with Crippen molar-refractivity contribution < 1.29 is 33.0 Å². The van der Waals surface area contributed by atoms with E-state index in [0.29, 0.717) is 35.8 Å². The van der Waals surface area contributed by atoms with Crippen LogP contribution in [0.3, 0.4) is 0 Å². The normalized spacial score (nSPS) is 12.3. The summed E-state index contributed by atoms with van der Waals surface area (Å²) in [6, 6.07) is 9.81. The molecule has 27 heavy (non-hydrogen) atoms. The van der Waals surface area contributed by atoms with Gasteiger partial charge in [0, 0.05) is 17.5 Å². The molecule has 0 saturated carbocycles. The number of hydrogen-bond donors (Lipinski definition) is 0. The van der Waals surface area contributed by atoms with Gasteiger partial charge in [0.2, 0.25) is 0 Å². The van der Waals surface area contributed by atoms with Crippen molar-refractivity contribution in [1.82, 2.24) is 0 Å². The van der Waals surface area contributed by atoms with Gasteiger partial charge in [-0.1, -0.05) is 0 Å². The summed E-state index contributed by atoms with van der Waals surface area (Å²) < 4.78 is 28.6. The summed E-state index contributed by atoms with van der Waals surface area (Å²) in [5.74, 6) is -0.743. The van der Waals surface area contributed by atoms with E-state index in [2.05, 4.69) is 0 Å². The third-order valence-electron chi connectivity index (χ3n) is 3.95. The maximum Gasteiger partial charge on any atom is 0.306 e. The highest BCUT2D eigenvalue weighted by Gasteiger charge is 2.17. The average molecular weight is 372 g/mol. The predicted molar refractivity (Wildman–Crippen MR) is 92.7 cm³/mol. The van der Waals surface area contributed by atoms with Crippen LogP contribution in [0, 0.1) is 5.82 Å². The van der Waals surface area contributed by atoms with E-state index < -0.39 is 18.4 Å². The number of fused-ring (bicyclic) bond motifs is 1. The molecule has 2 aromatic carbocycles. The minimum absolute atomic E-state index is 0.0807. The second-order valence-corrected chi connectivity index (χ2v) is 5.87. The van der Waals surface area contributed by atoms with E-state index in [1.165, 1.54) is 24.3 Å². The van der Waals surface area contributed by atoms with Gasteiger partial charge in [-0.15, -0.1) is 0 Å². The standard InChI is InChI=1S/C20H17FO6/c21-15-4-1-13(2-5-15)16(22)6-8-20(24)27-12-17(23)14-3-7-18-19(11-14)26-10-9-25-18/h1-5,7,11H,6,8-10,12H2. The van der Waals surface area contributed by atoms with Crippen LogP contribution in [0.5, 0.6) is 11.5 Å². The highest BCUT2D eigenvalue weighted by molar-refractivity contribution is 5.99. The molecule has 6 nitrogen and oxygen atoms in total. The molecule has 1 heterocycles. The van der Waals surface area contributed by atoms with Crippen LogP contribution >= 0.6 is 0 Å². The maximum atomic E-state index is 12.8. The summed E-state index contributed by atoms with van der Waals surface area (Å²) in [4.78, 5) is 35.9. The fraction of sp³-hybridized carbons (Fsp3) is 0.250. The van der Waals surface area contributed by atoms with Crippen LogP contribution in [-0.2, 0) is 9.53 Å². The molecule has 0 amide bonds. The van der Waals surface area contributed by atoms with Crippen molar-refractivity contribution in [3.63, 3.8) is 0 Å². The Labute approximate surface area is 154 Å². The Kier molecular flexibility index (Phi) is 5.80. The molecule has 0 spiro atoms. The van der Waals surface area contributed by atoms with Crippen LogP contribution in [-0.4, -0.2) is 37.4 Å². The van der Waals surface area contributed by atoms with E-state index in [9.17, 15) is 18.8 Å². The topological polar surface area (TPSA) is 78.9 Å². The Morgan fingerprint density at radius 3 is 2.26 bits per heavy atom. The minimum atomic E-state index is -0.656. The van der Waals surface area contributed by atoms with E-state index in [4.69, 9.17) is 14.2 Å². The zero-order chi connectivity index (χ0) is 19.2. The highest BCUT2D eigenvalue weighted by Crippen LogP contribution is 2.30. The van der Waals surface area contributed by atoms with Crippen LogP contribution in [0.15, 0.2) is 42.5 Å². The first-order valence-electron chi connectivity index (χ1n) is 8.40. The number of ether oxygens (including phenoxy) is 3. The minimum Gasteiger partial charge on any atom is -0.486 e. The first-order valence-corrected chi connectivity index (χ1v) is 8.40. The molecular weight excluding hydrogens is 355 g/mol. The average Bonchev–Trinajstić information content (AvgIpc) is 2.70. The zero-order valence-corrected chi connectivity index (χ0v) is 14.4. The molecule has 2 aromatic rings. The van der Waals surface area contributed by atoms with Gasteiger partial charge in [0.15, 0.2) is 29.7 Å². The van der Waals surface area contributed by atoms with Crippen molar-refractivity contribution in [2.75, 3.05) is 19.8 Å². The predicted octanol–water partition coefficient (Wildman–Crippen LogP) is 2.99. The number of halogens is 1. The lowest BCUT2D eigenvalue weighted by molar-refractivity contribution is -0.142. The van der Waals surface area contributed by atoms with Crippen molar-refractivity contribution in [2.45, 2.75) is 12.8 Å². The summed E-state index contributed by atoms with van der Waals surface area (Å²) in [6.07, 6.45) is -0.243. The van der Waals surface area contributed by atoms with Crippen molar-refractivity contribution in [1.29, 1.82) is 0 Å². The van der Waals surface area contributed by atoms with E-state index >= 15 is 0 Å². The number of Topliss-reactive ketones (excluding diaryl/α,β-unsaturated/α-hetero) is 2. The second-order valence-electron chi connectivity index (χ2n) is 5.87. The number of hydrogen-bond acceptors (Lipinski definition) is 6. The molecular formula is C20H17FO6. The van der Waals surface area contributed by atoms with Crippen LogP contribution in [0.4, 0.5) is 4.39 Å². The lowest BCUT2D eigenvalue weighted by Crippen LogP contribution is -2.17. The molecule has 1 aliphatic heterocycles. The van der Waals surface area contributed by atoms with Crippen LogP contribution in [0.1, 0.15) is 33.6 Å². The van der Waals surface area contributed by atoms with E-state index in [0.717, 1.165) is 0 Å². The molecule has 0 unspecified atom stereocenters. The molecule has 140 valence electrons. The first kappa shape index (κ1) is 18.6. The van der Waals surface area contributed by atoms with Gasteiger partial charge < -0.3 is 14.2 Å². The van der Waals surface area contributed by atoms with E-state index in [-0.39, 0.29) is 24.4 Å². The third-order valence-corrected chi connectivity index (χ3v) is 3.95. The molecule has 7 heteroatoms. The lowest BCUT2D eigenvalue weighted by Gasteiger charge is -2.18. The third kappa shape index (κ3) is 4.91. The van der Waals surface area contributed by atoms with Gasteiger partial charge in [-0.3, -0.25) is 14.4 Å². The molecule has 0 fully saturated rings. The number of benzene rings is 2.